The molecule has 1 heterocycles. The maximum Gasteiger partial charge on any atom is 0.303 e. The molecule has 164 valence electrons. The second-order valence-corrected chi connectivity index (χ2v) is 10.8. The molecule has 1 saturated heterocycles. The molecule has 0 aromatic heterocycles. The number of rotatable bonds is 3. The summed E-state index contributed by atoms with van der Waals surface area (Å²) in [6, 6.07) is 0. The van der Waals surface area contributed by atoms with Crippen molar-refractivity contribution >= 4 is 17.5 Å². The summed E-state index contributed by atoms with van der Waals surface area (Å²) in [6.45, 7) is 7.14. The van der Waals surface area contributed by atoms with E-state index in [1.807, 2.05) is 19.9 Å². The summed E-state index contributed by atoms with van der Waals surface area (Å²) in [5.74, 6) is -0.478. The number of epoxide rings is 1. The van der Waals surface area contributed by atoms with Crippen LogP contribution in [0.1, 0.15) is 66.2 Å². The first kappa shape index (κ1) is 20.4. The number of ether oxygens (including phenoxy) is 2. The molecule has 0 aromatic rings. The molecule has 6 nitrogen and oxygen atoms in total. The first-order valence-electron chi connectivity index (χ1n) is 11.3. The average molecular weight is 417 g/mol. The van der Waals surface area contributed by atoms with E-state index in [4.69, 9.17) is 9.47 Å². The van der Waals surface area contributed by atoms with Gasteiger partial charge in [0.25, 0.3) is 0 Å². The standard InChI is InChI=1S/C24H32O6/c1-13-9-18-17-6-5-15-10-16(26)7-8-21(15,3)24(17)20(30-24)11-22(18,4)23(13,28)19(27)12-29-14(2)25/h10,13,17-18,20,28H,5-9,11-12H2,1-4H3/t13-,17-,18-,20-,21-,22-,23-,24+/m0/s1. The molecule has 0 radical (unpaired) electrons. The Morgan fingerprint density at radius 2 is 2.00 bits per heavy atom. The highest BCUT2D eigenvalue weighted by molar-refractivity contribution is 5.92. The molecule has 8 atom stereocenters. The molecule has 6 heteroatoms. The third-order valence-corrected chi connectivity index (χ3v) is 9.75. The Hall–Kier alpha value is -1.53. The fraction of sp³-hybridized carbons (Fsp3) is 0.792. The van der Waals surface area contributed by atoms with Gasteiger partial charge in [-0.25, -0.2) is 0 Å². The summed E-state index contributed by atoms with van der Waals surface area (Å²) in [6.07, 6.45) is 6.42. The first-order chi connectivity index (χ1) is 14.0. The summed E-state index contributed by atoms with van der Waals surface area (Å²) >= 11 is 0. The maximum atomic E-state index is 13.1. The summed E-state index contributed by atoms with van der Waals surface area (Å²) in [5, 5.41) is 11.8. The molecule has 0 aromatic carbocycles. The Balaban J connectivity index is 1.51. The minimum absolute atomic E-state index is 0.0102. The monoisotopic (exact) mass is 416 g/mol. The minimum atomic E-state index is -1.52. The molecule has 30 heavy (non-hydrogen) atoms. The average Bonchev–Trinajstić information content (AvgIpc) is 3.36. The smallest absolute Gasteiger partial charge is 0.303 e. The molecule has 0 unspecified atom stereocenters. The number of hydrogen-bond donors (Lipinski definition) is 1. The van der Waals surface area contributed by atoms with Crippen LogP contribution in [0.3, 0.4) is 0 Å². The molecular weight excluding hydrogens is 384 g/mol. The van der Waals surface area contributed by atoms with Crippen LogP contribution in [0.25, 0.3) is 0 Å². The van der Waals surface area contributed by atoms with Crippen LogP contribution in [0.2, 0.25) is 0 Å². The van der Waals surface area contributed by atoms with Gasteiger partial charge in [0.05, 0.1) is 6.10 Å². The predicted octanol–water partition coefficient (Wildman–Crippen LogP) is 2.76. The van der Waals surface area contributed by atoms with Gasteiger partial charge in [0, 0.05) is 24.2 Å². The van der Waals surface area contributed by atoms with Gasteiger partial charge in [-0.15, -0.1) is 0 Å². The van der Waals surface area contributed by atoms with Crippen molar-refractivity contribution in [3.63, 3.8) is 0 Å². The van der Waals surface area contributed by atoms with E-state index in [1.54, 1.807) is 0 Å². The van der Waals surface area contributed by atoms with Crippen LogP contribution in [0.5, 0.6) is 0 Å². The van der Waals surface area contributed by atoms with Crippen molar-refractivity contribution in [2.45, 2.75) is 83.5 Å². The van der Waals surface area contributed by atoms with Gasteiger partial charge in [-0.3, -0.25) is 14.4 Å². The van der Waals surface area contributed by atoms with Gasteiger partial charge >= 0.3 is 5.97 Å². The van der Waals surface area contributed by atoms with Gasteiger partial charge < -0.3 is 14.6 Å². The van der Waals surface area contributed by atoms with Crippen molar-refractivity contribution < 1.29 is 29.0 Å². The predicted molar refractivity (Wildman–Crippen MR) is 107 cm³/mol. The van der Waals surface area contributed by atoms with E-state index in [0.29, 0.717) is 12.8 Å². The molecule has 5 aliphatic rings. The summed E-state index contributed by atoms with van der Waals surface area (Å²) < 4.78 is 11.5. The van der Waals surface area contributed by atoms with E-state index in [0.717, 1.165) is 25.7 Å². The molecule has 4 aliphatic carbocycles. The maximum absolute atomic E-state index is 13.1. The quantitative estimate of drug-likeness (QED) is 0.562. The van der Waals surface area contributed by atoms with E-state index in [-0.39, 0.29) is 47.3 Å². The Bertz CT molecular complexity index is 877. The van der Waals surface area contributed by atoms with Crippen molar-refractivity contribution in [2.75, 3.05) is 6.61 Å². The number of carbonyl (C=O) groups excluding carboxylic acids is 3. The largest absolute Gasteiger partial charge is 0.458 e. The molecule has 4 fully saturated rings. The van der Waals surface area contributed by atoms with Crippen LogP contribution in [0, 0.1) is 28.6 Å². The van der Waals surface area contributed by atoms with Crippen LogP contribution in [0.4, 0.5) is 0 Å². The zero-order valence-electron chi connectivity index (χ0n) is 18.3. The first-order valence-corrected chi connectivity index (χ1v) is 11.3. The highest BCUT2D eigenvalue weighted by atomic mass is 16.6. The molecular formula is C24H32O6. The number of carbonyl (C=O) groups is 3. The van der Waals surface area contributed by atoms with Crippen molar-refractivity contribution in [1.29, 1.82) is 0 Å². The van der Waals surface area contributed by atoms with Crippen molar-refractivity contribution in [3.8, 4) is 0 Å². The fourth-order valence-electron chi connectivity index (χ4n) is 8.22. The molecule has 1 spiro atoms. The van der Waals surface area contributed by atoms with Gasteiger partial charge in [-0.1, -0.05) is 26.3 Å². The van der Waals surface area contributed by atoms with Crippen LogP contribution in [0.15, 0.2) is 11.6 Å². The normalized spacial score (nSPS) is 51.1. The van der Waals surface area contributed by atoms with Crippen LogP contribution >= 0.6 is 0 Å². The van der Waals surface area contributed by atoms with E-state index in [2.05, 4.69) is 6.92 Å². The number of aliphatic hydroxyl groups is 1. The zero-order chi connectivity index (χ0) is 21.7. The highest BCUT2D eigenvalue weighted by Crippen LogP contribution is 2.76. The Labute approximate surface area is 177 Å². The van der Waals surface area contributed by atoms with Gasteiger partial charge in [0.15, 0.2) is 12.4 Å². The van der Waals surface area contributed by atoms with Crippen molar-refractivity contribution in [1.82, 2.24) is 0 Å². The highest BCUT2D eigenvalue weighted by Gasteiger charge is 2.82. The van der Waals surface area contributed by atoms with Crippen LogP contribution < -0.4 is 0 Å². The second kappa shape index (κ2) is 6.04. The van der Waals surface area contributed by atoms with Crippen LogP contribution in [-0.2, 0) is 23.9 Å². The van der Waals surface area contributed by atoms with Gasteiger partial charge in [-0.2, -0.15) is 0 Å². The van der Waals surface area contributed by atoms with E-state index in [1.165, 1.54) is 12.5 Å². The fourth-order valence-corrected chi connectivity index (χ4v) is 8.22. The van der Waals surface area contributed by atoms with Crippen LogP contribution in [-0.4, -0.2) is 46.6 Å². The SMILES string of the molecule is CC(=O)OCC(=O)[C@@]1(O)[C@@H](C)C[C@H]2[C@@H]3CCC4=CC(=O)CC[C@]4(C)[C@@]34O[C@H]4C[C@@]21C. The molecule has 1 N–H and O–H groups in total. The lowest BCUT2D eigenvalue weighted by atomic mass is 9.46. The molecule has 0 amide bonds. The zero-order valence-corrected chi connectivity index (χ0v) is 18.3. The lowest BCUT2D eigenvalue weighted by molar-refractivity contribution is -0.171. The van der Waals surface area contributed by atoms with Gasteiger partial charge in [-0.05, 0) is 55.9 Å². The molecule has 5 rings (SSSR count). The summed E-state index contributed by atoms with van der Waals surface area (Å²) in [5.41, 5.74) is -1.31. The van der Waals surface area contributed by atoms with Gasteiger partial charge in [0.1, 0.15) is 11.2 Å². The van der Waals surface area contributed by atoms with Crippen molar-refractivity contribution in [3.05, 3.63) is 11.6 Å². The Morgan fingerprint density at radius 1 is 1.27 bits per heavy atom. The number of fused-ring (bicyclic) bond motifs is 3. The molecule has 1 aliphatic heterocycles. The Morgan fingerprint density at radius 3 is 2.70 bits per heavy atom. The van der Waals surface area contributed by atoms with Crippen molar-refractivity contribution in [2.24, 2.45) is 28.6 Å². The minimum Gasteiger partial charge on any atom is -0.458 e. The lowest BCUT2D eigenvalue weighted by Gasteiger charge is -2.56. The third kappa shape index (κ3) is 2.19. The number of ketones is 2. The summed E-state index contributed by atoms with van der Waals surface area (Å²) in [7, 11) is 0. The topological polar surface area (TPSA) is 93.2 Å². The third-order valence-electron chi connectivity index (χ3n) is 9.75. The Kier molecular flexibility index (Phi) is 4.10. The molecule has 0 bridgehead atoms. The summed E-state index contributed by atoms with van der Waals surface area (Å²) in [4.78, 5) is 36.4. The number of esters is 1. The van der Waals surface area contributed by atoms with E-state index < -0.39 is 22.8 Å². The second-order valence-electron chi connectivity index (χ2n) is 10.8. The van der Waals surface area contributed by atoms with E-state index in [9.17, 15) is 19.5 Å². The number of hydrogen-bond acceptors (Lipinski definition) is 6. The molecule has 3 saturated carbocycles. The van der Waals surface area contributed by atoms with E-state index >= 15 is 0 Å². The van der Waals surface area contributed by atoms with Gasteiger partial charge in [0.2, 0.25) is 5.78 Å². The lowest BCUT2D eigenvalue weighted by Crippen LogP contribution is -2.62. The number of Topliss-reactive ketones (excluding diaryl/α,β-unsaturated/α-hetero) is 1.